The van der Waals surface area contributed by atoms with Crippen molar-refractivity contribution in [2.24, 2.45) is 0 Å². The largest absolute Gasteiger partial charge is 0.338 e. The van der Waals surface area contributed by atoms with E-state index < -0.39 is 6.03 Å². The molecule has 0 saturated heterocycles. The molecule has 26 heavy (non-hydrogen) atoms. The molecule has 0 atom stereocenters. The van der Waals surface area contributed by atoms with Crippen LogP contribution in [0.15, 0.2) is 28.6 Å². The first kappa shape index (κ1) is 20.2. The van der Waals surface area contributed by atoms with Gasteiger partial charge in [0.25, 0.3) is 0 Å². The highest BCUT2D eigenvalue weighted by molar-refractivity contribution is 8.01. The van der Waals surface area contributed by atoms with E-state index in [1.807, 2.05) is 19.1 Å². The summed E-state index contributed by atoms with van der Waals surface area (Å²) in [5.74, 6) is -0.245. The van der Waals surface area contributed by atoms with E-state index in [2.05, 4.69) is 45.2 Å². The molecular weight excluding hydrogens is 370 g/mol. The fraction of sp³-hybridized carbons (Fsp3) is 0.412. The average molecular weight is 394 g/mol. The van der Waals surface area contributed by atoms with Crippen molar-refractivity contribution in [3.63, 3.8) is 0 Å². The maximum absolute atomic E-state index is 11.8. The number of amides is 3. The number of carbonyl (C=O) groups excluding carboxylic acids is 2. The fourth-order valence-corrected chi connectivity index (χ4v) is 3.55. The van der Waals surface area contributed by atoms with Crippen molar-refractivity contribution in [3.05, 3.63) is 29.8 Å². The van der Waals surface area contributed by atoms with Gasteiger partial charge in [-0.2, -0.15) is 0 Å². The minimum Gasteiger partial charge on any atom is -0.338 e. The Morgan fingerprint density at radius 3 is 2.62 bits per heavy atom. The number of rotatable bonds is 9. The van der Waals surface area contributed by atoms with Crippen molar-refractivity contribution in [2.45, 2.75) is 37.4 Å². The lowest BCUT2D eigenvalue weighted by atomic mass is 10.1. The first-order valence-electron chi connectivity index (χ1n) is 8.50. The molecule has 1 aromatic carbocycles. The van der Waals surface area contributed by atoms with Gasteiger partial charge in [-0.15, -0.1) is 10.2 Å². The standard InChI is InChI=1S/C17H23N5O2S2/c1-3-5-10-18-15(24)20-14(23)11-25-17-22-21-16(26-17)19-13-8-6-12(4-2)7-9-13/h6-9H,3-5,10-11H2,1-2H3,(H,19,21)(H2,18,20,23,24). The molecule has 0 fully saturated rings. The molecule has 2 aromatic rings. The van der Waals surface area contributed by atoms with E-state index in [9.17, 15) is 9.59 Å². The molecule has 1 heterocycles. The zero-order valence-electron chi connectivity index (χ0n) is 14.9. The Kier molecular flexibility index (Phi) is 8.36. The van der Waals surface area contributed by atoms with Crippen molar-refractivity contribution < 1.29 is 9.59 Å². The highest BCUT2D eigenvalue weighted by Gasteiger charge is 2.11. The molecule has 0 unspecified atom stereocenters. The Labute approximate surface area is 161 Å². The number of unbranched alkanes of at least 4 members (excludes halogenated alkanes) is 1. The molecule has 9 heteroatoms. The van der Waals surface area contributed by atoms with E-state index in [0.717, 1.165) is 24.9 Å². The fourth-order valence-electron chi connectivity index (χ4n) is 1.98. The summed E-state index contributed by atoms with van der Waals surface area (Å²) in [6.45, 7) is 4.71. The lowest BCUT2D eigenvalue weighted by molar-refractivity contribution is -0.117. The number of thioether (sulfide) groups is 1. The Morgan fingerprint density at radius 1 is 1.15 bits per heavy atom. The van der Waals surface area contributed by atoms with Crippen LogP contribution in [0.1, 0.15) is 32.3 Å². The molecule has 0 aliphatic carbocycles. The SMILES string of the molecule is CCCCNC(=O)NC(=O)CSc1nnc(Nc2ccc(CC)cc2)s1. The van der Waals surface area contributed by atoms with Crippen LogP contribution in [0.3, 0.4) is 0 Å². The van der Waals surface area contributed by atoms with Gasteiger partial charge >= 0.3 is 6.03 Å². The number of benzene rings is 1. The van der Waals surface area contributed by atoms with Crippen LogP contribution in [0.5, 0.6) is 0 Å². The molecular formula is C17H23N5O2S2. The summed E-state index contributed by atoms with van der Waals surface area (Å²) in [7, 11) is 0. The van der Waals surface area contributed by atoms with E-state index in [1.165, 1.54) is 28.7 Å². The van der Waals surface area contributed by atoms with Crippen LogP contribution in [-0.2, 0) is 11.2 Å². The molecule has 0 aliphatic heterocycles. The lowest BCUT2D eigenvalue weighted by Crippen LogP contribution is -2.40. The summed E-state index contributed by atoms with van der Waals surface area (Å²) in [4.78, 5) is 23.3. The zero-order valence-corrected chi connectivity index (χ0v) is 16.5. The first-order chi connectivity index (χ1) is 12.6. The van der Waals surface area contributed by atoms with Crippen LogP contribution >= 0.6 is 23.1 Å². The van der Waals surface area contributed by atoms with Gasteiger partial charge in [-0.25, -0.2) is 4.79 Å². The van der Waals surface area contributed by atoms with Crippen LogP contribution < -0.4 is 16.0 Å². The van der Waals surface area contributed by atoms with Gasteiger partial charge in [0.1, 0.15) is 0 Å². The Hall–Kier alpha value is -2.13. The predicted octanol–water partition coefficient (Wildman–Crippen LogP) is 3.56. The number of hydrogen-bond acceptors (Lipinski definition) is 7. The third-order valence-corrected chi connectivity index (χ3v) is 5.39. The van der Waals surface area contributed by atoms with E-state index in [0.29, 0.717) is 16.0 Å². The highest BCUT2D eigenvalue weighted by atomic mass is 32.2. The van der Waals surface area contributed by atoms with E-state index in [-0.39, 0.29) is 11.7 Å². The van der Waals surface area contributed by atoms with Gasteiger partial charge in [-0.05, 0) is 30.5 Å². The molecule has 3 N–H and O–H groups in total. The Bertz CT molecular complexity index is 718. The third-order valence-electron chi connectivity index (χ3n) is 3.42. The van der Waals surface area contributed by atoms with Crippen molar-refractivity contribution in [2.75, 3.05) is 17.6 Å². The lowest BCUT2D eigenvalue weighted by Gasteiger charge is -2.05. The number of aromatic nitrogens is 2. The van der Waals surface area contributed by atoms with Gasteiger partial charge in [0.05, 0.1) is 5.75 Å². The molecule has 0 spiro atoms. The summed E-state index contributed by atoms with van der Waals surface area (Å²) in [6, 6.07) is 7.67. The summed E-state index contributed by atoms with van der Waals surface area (Å²) >= 11 is 2.61. The van der Waals surface area contributed by atoms with Crippen LogP contribution in [-0.4, -0.2) is 34.4 Å². The van der Waals surface area contributed by atoms with E-state index in [1.54, 1.807) is 0 Å². The monoisotopic (exact) mass is 393 g/mol. The molecule has 0 radical (unpaired) electrons. The minimum atomic E-state index is -0.459. The number of aryl methyl sites for hydroxylation is 1. The second kappa shape index (κ2) is 10.8. The molecule has 0 bridgehead atoms. The maximum atomic E-state index is 11.8. The van der Waals surface area contributed by atoms with Gasteiger partial charge in [0.15, 0.2) is 4.34 Å². The highest BCUT2D eigenvalue weighted by Crippen LogP contribution is 2.27. The smallest absolute Gasteiger partial charge is 0.321 e. The van der Waals surface area contributed by atoms with Crippen LogP contribution in [0.2, 0.25) is 0 Å². The first-order valence-corrected chi connectivity index (χ1v) is 10.3. The zero-order chi connectivity index (χ0) is 18.8. The number of nitrogens with one attached hydrogen (secondary N) is 3. The van der Waals surface area contributed by atoms with Gasteiger partial charge in [0, 0.05) is 12.2 Å². The van der Waals surface area contributed by atoms with Crippen molar-refractivity contribution in [1.29, 1.82) is 0 Å². The summed E-state index contributed by atoms with van der Waals surface area (Å²) in [5.41, 5.74) is 2.21. The summed E-state index contributed by atoms with van der Waals surface area (Å²) in [5, 5.41) is 16.9. The molecule has 0 aliphatic rings. The number of nitrogens with zero attached hydrogens (tertiary/aromatic N) is 2. The second-order valence-electron chi connectivity index (χ2n) is 5.49. The number of imide groups is 1. The third kappa shape index (κ3) is 7.01. The summed E-state index contributed by atoms with van der Waals surface area (Å²) < 4.78 is 0.666. The van der Waals surface area contributed by atoms with Crippen LogP contribution in [0.25, 0.3) is 0 Å². The van der Waals surface area contributed by atoms with Gasteiger partial charge < -0.3 is 10.6 Å². The van der Waals surface area contributed by atoms with E-state index in [4.69, 9.17) is 0 Å². The average Bonchev–Trinajstić information content (AvgIpc) is 3.08. The van der Waals surface area contributed by atoms with Crippen molar-refractivity contribution in [1.82, 2.24) is 20.8 Å². The Balaban J connectivity index is 1.75. The van der Waals surface area contributed by atoms with Gasteiger partial charge in [0.2, 0.25) is 11.0 Å². The molecule has 0 saturated carbocycles. The van der Waals surface area contributed by atoms with Crippen molar-refractivity contribution in [3.8, 4) is 0 Å². The number of urea groups is 1. The van der Waals surface area contributed by atoms with E-state index >= 15 is 0 Å². The molecule has 140 valence electrons. The number of hydrogen-bond donors (Lipinski definition) is 3. The van der Waals surface area contributed by atoms with Crippen LogP contribution in [0.4, 0.5) is 15.6 Å². The normalized spacial score (nSPS) is 10.4. The van der Waals surface area contributed by atoms with Gasteiger partial charge in [-0.1, -0.05) is 55.5 Å². The molecule has 7 nitrogen and oxygen atoms in total. The summed E-state index contributed by atoms with van der Waals surface area (Å²) in [6.07, 6.45) is 2.87. The topological polar surface area (TPSA) is 96.0 Å². The number of carbonyl (C=O) groups is 2. The predicted molar refractivity (Wildman–Crippen MR) is 106 cm³/mol. The second-order valence-corrected chi connectivity index (χ2v) is 7.69. The Morgan fingerprint density at radius 2 is 1.92 bits per heavy atom. The van der Waals surface area contributed by atoms with Gasteiger partial charge in [-0.3, -0.25) is 10.1 Å². The number of anilines is 2. The molecule has 2 rings (SSSR count). The minimum absolute atomic E-state index is 0.112. The quantitative estimate of drug-likeness (QED) is 0.445. The van der Waals surface area contributed by atoms with Crippen LogP contribution in [0, 0.1) is 0 Å². The van der Waals surface area contributed by atoms with Crippen molar-refractivity contribution >= 4 is 45.9 Å². The maximum Gasteiger partial charge on any atom is 0.321 e. The molecule has 1 aromatic heterocycles. The molecule has 3 amide bonds.